The lowest BCUT2D eigenvalue weighted by Crippen LogP contribution is -2.55. The molecular weight excluding hydrogens is 2040 g/mol. The normalized spacial score (nSPS) is 14.2. The van der Waals surface area contributed by atoms with E-state index in [1.165, 1.54) is 60.9 Å². The van der Waals surface area contributed by atoms with E-state index in [0.717, 1.165) is 33.4 Å². The van der Waals surface area contributed by atoms with Crippen LogP contribution in [0.4, 0.5) is 34.9 Å². The van der Waals surface area contributed by atoms with Gasteiger partial charge in [-0.3, -0.25) is 61.8 Å². The van der Waals surface area contributed by atoms with Crippen LogP contribution < -0.4 is 61.0 Å². The number of piperazine rings is 1. The number of halogens is 6. The summed E-state index contributed by atoms with van der Waals surface area (Å²) in [6, 6.07) is 26.4. The first-order valence-corrected chi connectivity index (χ1v) is 50.4. The Hall–Kier alpha value is -14.3. The molecule has 3 fully saturated rings. The zero-order valence-corrected chi connectivity index (χ0v) is 90.7. The molecule has 784 valence electrons. The van der Waals surface area contributed by atoms with Crippen LogP contribution in [0, 0.1) is 44.4 Å². The minimum Gasteiger partial charge on any atom is -0.495 e. The Labute approximate surface area is 899 Å². The van der Waals surface area contributed by atoms with E-state index in [-0.39, 0.29) is 189 Å². The number of aromatic nitrogens is 9. The van der Waals surface area contributed by atoms with Crippen molar-refractivity contribution in [1.82, 2.24) is 73.0 Å². The fraction of sp³-hybridized carbons (Fsp3) is 0.324. The smallest absolute Gasteiger partial charge is 0.298 e. The SMILES string of the molecule is C=CC(=O)Cc1cccc(C)c1Nc1ncc2cc(-c3c(Cl)c(OC)cc(OC)c3Cl)c(=O)n(CC3CCN(C(=O)/C=C/CN(C)C)C3)c2n1.C=CC(=O)Cc1cccc(C)c1Nc1ncc2cc(-c3c(Cl)c(OC)cc(OC)c3Cl)c(=O)n(CC3CCN(C(=O)/C=C/CN(C)C)CC3)c2n1.C=CC(=O)Cc1cccc(C)c1Nc1ncc2cc(-c3c(Cl)c(OC)cc(OC)c3Cl)c(=O)n(CC3CN(C(=O)C#CC)CCN3C)c2n1. The van der Waals surface area contributed by atoms with Gasteiger partial charge in [0.2, 0.25) is 29.7 Å². The molecule has 15 rings (SSSR count). The number of benzene rings is 6. The summed E-state index contributed by atoms with van der Waals surface area (Å²) in [4.78, 5) is 159. The second-order valence-electron chi connectivity index (χ2n) is 36.7. The van der Waals surface area contributed by atoms with E-state index in [1.54, 1.807) is 97.6 Å². The second kappa shape index (κ2) is 51.3. The summed E-state index contributed by atoms with van der Waals surface area (Å²) in [5.41, 5.74) is 8.43. The summed E-state index contributed by atoms with van der Waals surface area (Å²) < 4.78 is 37.7. The summed E-state index contributed by atoms with van der Waals surface area (Å²) in [5, 5.41) is 12.5. The van der Waals surface area contributed by atoms with Gasteiger partial charge in [0, 0.05) is 203 Å². The van der Waals surface area contributed by atoms with Crippen molar-refractivity contribution < 1.29 is 57.2 Å². The van der Waals surface area contributed by atoms with Crippen LogP contribution in [0.2, 0.25) is 30.1 Å². The molecule has 0 saturated carbocycles. The molecule has 0 radical (unpaired) electrons. The van der Waals surface area contributed by atoms with Crippen LogP contribution in [0.5, 0.6) is 34.5 Å². The van der Waals surface area contributed by atoms with E-state index in [9.17, 15) is 43.2 Å². The highest BCUT2D eigenvalue weighted by Gasteiger charge is 2.35. The summed E-state index contributed by atoms with van der Waals surface area (Å²) in [7, 11) is 18.5. The molecule has 33 nitrogen and oxygen atoms in total. The molecule has 0 spiro atoms. The zero-order chi connectivity index (χ0) is 108. The number of hydrogen-bond acceptors (Lipinski definition) is 27. The monoisotopic (exact) mass is 2150 g/mol. The first kappa shape index (κ1) is 113. The fourth-order valence-corrected chi connectivity index (χ4v) is 20.2. The van der Waals surface area contributed by atoms with Gasteiger partial charge < -0.3 is 68.9 Å². The maximum absolute atomic E-state index is 14.6. The number of nitrogens with zero attached hydrogens (tertiary/aromatic N) is 15. The van der Waals surface area contributed by atoms with Gasteiger partial charge in [-0.15, -0.1) is 0 Å². The predicted molar refractivity (Wildman–Crippen MR) is 593 cm³/mol. The number of nitrogens with one attached hydrogen (secondary N) is 3. The van der Waals surface area contributed by atoms with Crippen LogP contribution in [0.25, 0.3) is 66.5 Å². The molecule has 2 atom stereocenters. The Kier molecular flexibility index (Phi) is 38.6. The van der Waals surface area contributed by atoms with Crippen LogP contribution in [-0.2, 0) is 67.7 Å². The minimum absolute atomic E-state index is 0.0232. The van der Waals surface area contributed by atoms with Crippen molar-refractivity contribution >= 4 is 173 Å². The van der Waals surface area contributed by atoms with Gasteiger partial charge in [-0.2, -0.15) is 15.0 Å². The van der Waals surface area contributed by atoms with E-state index in [0.29, 0.717) is 158 Å². The molecule has 3 aliphatic rings. The lowest BCUT2D eigenvalue weighted by atomic mass is 9.96. The van der Waals surface area contributed by atoms with Crippen molar-refractivity contribution in [2.75, 3.05) is 153 Å². The van der Waals surface area contributed by atoms with Crippen molar-refractivity contribution in [3.8, 4) is 79.7 Å². The molecule has 0 aliphatic carbocycles. The number of aryl methyl sites for hydroxylation is 3. The van der Waals surface area contributed by atoms with Crippen molar-refractivity contribution in [2.24, 2.45) is 11.8 Å². The summed E-state index contributed by atoms with van der Waals surface area (Å²) in [5.74, 6) is 7.06. The maximum Gasteiger partial charge on any atom is 0.298 e. The summed E-state index contributed by atoms with van der Waals surface area (Å²) in [6.07, 6.45) is 18.2. The first-order valence-electron chi connectivity index (χ1n) is 48.1. The van der Waals surface area contributed by atoms with Crippen molar-refractivity contribution in [3.63, 3.8) is 0 Å². The summed E-state index contributed by atoms with van der Waals surface area (Å²) >= 11 is 40.8. The number of fused-ring (bicyclic) bond motifs is 3. The molecule has 0 bridgehead atoms. The van der Waals surface area contributed by atoms with Crippen molar-refractivity contribution in [3.05, 3.63) is 266 Å². The number of methoxy groups -OCH3 is 6. The molecule has 3 aliphatic heterocycles. The van der Waals surface area contributed by atoms with Gasteiger partial charge in [0.1, 0.15) is 51.4 Å². The van der Waals surface area contributed by atoms with Gasteiger partial charge in [-0.1, -0.05) is 162 Å². The van der Waals surface area contributed by atoms with E-state index in [1.807, 2.05) is 137 Å². The largest absolute Gasteiger partial charge is 0.495 e. The quantitative estimate of drug-likeness (QED) is 0.0242. The van der Waals surface area contributed by atoms with Gasteiger partial charge in [0.25, 0.3) is 22.6 Å². The number of carbonyl (C=O) groups excluding carboxylic acids is 6. The van der Waals surface area contributed by atoms with Gasteiger partial charge in [-0.25, -0.2) is 15.0 Å². The second-order valence-corrected chi connectivity index (χ2v) is 39.0. The zero-order valence-electron chi connectivity index (χ0n) is 86.1. The number of allylic oxidation sites excluding steroid dienone is 3. The standard InChI is InChI=1S/C38H42Cl2N6O5.C37H40Cl2N6O5.C36H36Cl2N6O5/c1-7-27(47)18-25-11-8-10-23(2)35(25)42-38-41-21-26-19-28(32-33(39)29(50-5)20-30(51-6)34(32)40)37(49)46(36(26)43-38)22-24-13-16-45(17-14-24)31(48)12-9-15-44(3)4;1-7-26(46)16-24-11-8-10-22(2)34(24)41-37-40-19-25-17-27(31-32(38)28(49-5)18-29(50-6)33(31)39)36(48)45(35(25)42-37)21-23-13-15-44(20-23)30(47)12-9-14-43(3)4;1-7-10-29(46)43-14-13-42(4)24(19-43)20-44-34-23(16-26(35(44)47)30-31(37)27(48-5)17-28(49-6)32(30)38)18-39-36(41-34)40-33-21(3)11-9-12-22(33)15-25(45)8-2/h7-12,19-21,24H,1,13-18,22H2,2-6H3,(H,41,42,43);7-12,17-19,23H,1,13-16,20-21H2,2-6H3,(H,40,41,42);8-9,11-12,16-18,24H,2,13-15,19-20H2,1,3-6H3,(H,39,40,41)/b2*12-9+;. The van der Waals surface area contributed by atoms with Crippen LogP contribution in [0.15, 0.2) is 186 Å². The molecule has 39 heteroatoms. The number of piperidine rings is 1. The lowest BCUT2D eigenvalue weighted by Gasteiger charge is -2.39. The van der Waals surface area contributed by atoms with Gasteiger partial charge in [0.05, 0.1) is 89.5 Å². The molecular formula is C111H118Cl6N18O15. The van der Waals surface area contributed by atoms with Crippen LogP contribution in [-0.4, -0.2) is 251 Å². The fourth-order valence-electron chi connectivity index (χ4n) is 18.0. The third-order valence-corrected chi connectivity index (χ3v) is 28.4. The first-order chi connectivity index (χ1) is 71.9. The van der Waals surface area contributed by atoms with Crippen molar-refractivity contribution in [2.45, 2.75) is 91.9 Å². The average Bonchev–Trinajstić information content (AvgIpc) is 0.841. The molecule has 3 N–H and O–H groups in total. The van der Waals surface area contributed by atoms with E-state index in [2.05, 4.69) is 67.4 Å². The Bertz CT molecular complexity index is 7490. The Morgan fingerprint density at radius 3 is 1.08 bits per heavy atom. The number of carbonyl (C=O) groups is 6. The maximum atomic E-state index is 14.6. The topological polar surface area (TPSA) is 357 Å². The van der Waals surface area contributed by atoms with Crippen molar-refractivity contribution in [1.29, 1.82) is 0 Å². The van der Waals surface area contributed by atoms with E-state index < -0.39 is 5.56 Å². The Morgan fingerprint density at radius 2 is 0.753 bits per heavy atom. The third-order valence-electron chi connectivity index (χ3n) is 26.1. The van der Waals surface area contributed by atoms with Gasteiger partial charge in [0.15, 0.2) is 17.3 Å². The highest BCUT2D eigenvalue weighted by Crippen LogP contribution is 2.50. The molecule has 12 aromatic rings. The van der Waals surface area contributed by atoms with E-state index >= 15 is 0 Å². The number of para-hydroxylation sites is 3. The number of pyridine rings is 3. The highest BCUT2D eigenvalue weighted by molar-refractivity contribution is 6.43. The molecule has 3 amide bonds. The Morgan fingerprint density at radius 1 is 0.433 bits per heavy atom. The number of ether oxygens (including phenoxy) is 6. The minimum atomic E-state index is -0.422. The van der Waals surface area contributed by atoms with Crippen LogP contribution in [0.3, 0.4) is 0 Å². The third kappa shape index (κ3) is 26.2. The van der Waals surface area contributed by atoms with E-state index in [4.69, 9.17) is 113 Å². The number of amides is 3. The molecule has 2 unspecified atom stereocenters. The molecule has 150 heavy (non-hydrogen) atoms. The van der Waals surface area contributed by atoms with Gasteiger partial charge >= 0.3 is 0 Å². The van der Waals surface area contributed by atoms with Crippen LogP contribution >= 0.6 is 69.6 Å². The lowest BCUT2D eigenvalue weighted by molar-refractivity contribution is -0.128. The molecule has 9 heterocycles. The Balaban J connectivity index is 0.000000187. The number of likely N-dealkylation sites (N-methyl/N-ethyl adjacent to an activating group) is 3. The molecule has 6 aromatic carbocycles. The number of anilines is 6. The number of rotatable bonds is 36. The van der Waals surface area contributed by atoms with Crippen LogP contribution in [0.1, 0.15) is 59.6 Å². The summed E-state index contributed by atoms with van der Waals surface area (Å²) in [6.45, 7) is 23.9. The number of ketones is 3. The molecule has 6 aromatic heterocycles. The van der Waals surface area contributed by atoms with Gasteiger partial charge in [-0.05, 0) is 170 Å². The average molecular weight is 2160 g/mol. The number of likely N-dealkylation sites (tertiary alicyclic amines) is 2. The predicted octanol–water partition coefficient (Wildman–Crippen LogP) is 17.9. The molecule has 3 saturated heterocycles. The number of hydrogen-bond donors (Lipinski definition) is 3. The highest BCUT2D eigenvalue weighted by atomic mass is 35.5.